The van der Waals surface area contributed by atoms with Gasteiger partial charge in [0.15, 0.2) is 0 Å². The first kappa shape index (κ1) is 12.9. The Kier molecular flexibility index (Phi) is 5.17. The monoisotopic (exact) mass is 221 g/mol. The number of hydrogen-bond donors (Lipinski definition) is 1. The van der Waals surface area contributed by atoms with Crippen molar-refractivity contribution >= 4 is 5.69 Å². The summed E-state index contributed by atoms with van der Waals surface area (Å²) in [6, 6.07) is 8.07. The summed E-state index contributed by atoms with van der Waals surface area (Å²) in [5, 5.41) is 9.29. The largest absolute Gasteiger partial charge is 0.508 e. The van der Waals surface area contributed by atoms with Gasteiger partial charge in [0.05, 0.1) is 0 Å². The fraction of sp³-hybridized carbons (Fsp3) is 0.571. The van der Waals surface area contributed by atoms with Crippen molar-refractivity contribution in [3.63, 3.8) is 0 Å². The maximum absolute atomic E-state index is 9.29. The number of rotatable bonds is 6. The number of phenols is 1. The highest BCUT2D eigenvalue weighted by Crippen LogP contribution is 2.22. The summed E-state index contributed by atoms with van der Waals surface area (Å²) in [4.78, 5) is 2.42. The third kappa shape index (κ3) is 3.44. The number of hydrogen-bond acceptors (Lipinski definition) is 2. The zero-order valence-electron chi connectivity index (χ0n) is 10.6. The van der Waals surface area contributed by atoms with Gasteiger partial charge in [-0.05, 0) is 44.0 Å². The molecule has 16 heavy (non-hydrogen) atoms. The van der Waals surface area contributed by atoms with Gasteiger partial charge in [0.1, 0.15) is 5.75 Å². The fourth-order valence-corrected chi connectivity index (χ4v) is 1.80. The van der Waals surface area contributed by atoms with Gasteiger partial charge in [-0.15, -0.1) is 0 Å². The predicted molar refractivity (Wildman–Crippen MR) is 70.1 cm³/mol. The minimum atomic E-state index is 0.336. The molecule has 0 spiro atoms. The predicted octanol–water partition coefficient (Wildman–Crippen LogP) is 3.80. The minimum absolute atomic E-state index is 0.336. The molecule has 0 aromatic heterocycles. The topological polar surface area (TPSA) is 23.5 Å². The average molecular weight is 221 g/mol. The molecule has 90 valence electrons. The van der Waals surface area contributed by atoms with E-state index in [1.165, 1.54) is 18.5 Å². The highest BCUT2D eigenvalue weighted by atomic mass is 16.3. The van der Waals surface area contributed by atoms with Gasteiger partial charge in [-0.2, -0.15) is 0 Å². The lowest BCUT2D eigenvalue weighted by Gasteiger charge is -2.30. The van der Waals surface area contributed by atoms with Gasteiger partial charge in [0.25, 0.3) is 0 Å². The summed E-state index contributed by atoms with van der Waals surface area (Å²) < 4.78 is 0. The molecule has 0 heterocycles. The Morgan fingerprint density at radius 2 is 1.81 bits per heavy atom. The highest BCUT2D eigenvalue weighted by molar-refractivity contribution is 5.49. The van der Waals surface area contributed by atoms with Crippen molar-refractivity contribution in [3.05, 3.63) is 24.3 Å². The van der Waals surface area contributed by atoms with Crippen LogP contribution in [-0.2, 0) is 0 Å². The summed E-state index contributed by atoms with van der Waals surface area (Å²) in [5.74, 6) is 0.336. The molecule has 0 saturated carbocycles. The van der Waals surface area contributed by atoms with Crippen LogP contribution in [0.25, 0.3) is 0 Å². The molecular formula is C14H23NO. The van der Waals surface area contributed by atoms with Crippen LogP contribution in [-0.4, -0.2) is 17.7 Å². The summed E-state index contributed by atoms with van der Waals surface area (Å²) in [6.07, 6.45) is 3.57. The molecule has 0 amide bonds. The van der Waals surface area contributed by atoms with E-state index >= 15 is 0 Å². The van der Waals surface area contributed by atoms with E-state index in [1.807, 2.05) is 12.1 Å². The number of phenolic OH excluding ortho intramolecular Hbond substituents is 1. The summed E-state index contributed by atoms with van der Waals surface area (Å²) >= 11 is 0. The van der Waals surface area contributed by atoms with E-state index in [1.54, 1.807) is 12.1 Å². The van der Waals surface area contributed by atoms with Crippen LogP contribution < -0.4 is 4.90 Å². The molecule has 2 nitrogen and oxygen atoms in total. The maximum atomic E-state index is 9.29. The van der Waals surface area contributed by atoms with Gasteiger partial charge in [-0.25, -0.2) is 0 Å². The molecular weight excluding hydrogens is 198 g/mol. The Balaban J connectivity index is 2.78. The number of anilines is 1. The SMILES string of the molecule is CCCCN(c1ccc(O)cc1)C(C)CC. The van der Waals surface area contributed by atoms with Crippen LogP contribution in [0.4, 0.5) is 5.69 Å². The molecule has 0 radical (unpaired) electrons. The van der Waals surface area contributed by atoms with Crippen LogP contribution in [0.1, 0.15) is 40.0 Å². The first-order valence-corrected chi connectivity index (χ1v) is 6.24. The van der Waals surface area contributed by atoms with Crippen molar-refractivity contribution in [1.29, 1.82) is 0 Å². The van der Waals surface area contributed by atoms with Crippen molar-refractivity contribution < 1.29 is 5.11 Å². The lowest BCUT2D eigenvalue weighted by molar-refractivity contribution is 0.475. The Morgan fingerprint density at radius 1 is 1.19 bits per heavy atom. The van der Waals surface area contributed by atoms with Gasteiger partial charge >= 0.3 is 0 Å². The van der Waals surface area contributed by atoms with Gasteiger partial charge in [0.2, 0.25) is 0 Å². The van der Waals surface area contributed by atoms with E-state index < -0.39 is 0 Å². The minimum Gasteiger partial charge on any atom is -0.508 e. The van der Waals surface area contributed by atoms with Crippen LogP contribution in [0.2, 0.25) is 0 Å². The summed E-state index contributed by atoms with van der Waals surface area (Å²) in [6.45, 7) is 7.77. The molecule has 0 aliphatic heterocycles. The van der Waals surface area contributed by atoms with Crippen molar-refractivity contribution in [2.45, 2.75) is 46.1 Å². The van der Waals surface area contributed by atoms with Crippen molar-refractivity contribution in [2.75, 3.05) is 11.4 Å². The van der Waals surface area contributed by atoms with Crippen molar-refractivity contribution in [2.24, 2.45) is 0 Å². The Morgan fingerprint density at radius 3 is 2.31 bits per heavy atom. The number of unbranched alkanes of at least 4 members (excludes halogenated alkanes) is 1. The highest BCUT2D eigenvalue weighted by Gasteiger charge is 2.11. The van der Waals surface area contributed by atoms with E-state index in [0.29, 0.717) is 11.8 Å². The Labute approximate surface area is 98.9 Å². The second kappa shape index (κ2) is 6.41. The Bertz CT molecular complexity index is 294. The molecule has 0 bridgehead atoms. The van der Waals surface area contributed by atoms with Crippen LogP contribution >= 0.6 is 0 Å². The number of benzene rings is 1. The molecule has 1 aromatic carbocycles. The van der Waals surface area contributed by atoms with Gasteiger partial charge in [-0.1, -0.05) is 20.3 Å². The van der Waals surface area contributed by atoms with Gasteiger partial charge < -0.3 is 10.0 Å². The molecule has 0 saturated heterocycles. The zero-order valence-corrected chi connectivity index (χ0v) is 10.6. The normalized spacial score (nSPS) is 12.4. The molecule has 1 N–H and O–H groups in total. The van der Waals surface area contributed by atoms with Crippen LogP contribution in [0.15, 0.2) is 24.3 Å². The molecule has 0 aliphatic rings. The molecule has 2 heteroatoms. The molecule has 1 unspecified atom stereocenters. The quantitative estimate of drug-likeness (QED) is 0.790. The van der Waals surface area contributed by atoms with Crippen LogP contribution in [0, 0.1) is 0 Å². The van der Waals surface area contributed by atoms with E-state index in [0.717, 1.165) is 13.0 Å². The first-order valence-electron chi connectivity index (χ1n) is 6.24. The third-order valence-electron chi connectivity index (χ3n) is 3.06. The maximum Gasteiger partial charge on any atom is 0.115 e. The molecule has 0 fully saturated rings. The number of nitrogens with zero attached hydrogens (tertiary/aromatic N) is 1. The summed E-state index contributed by atoms with van der Waals surface area (Å²) in [5.41, 5.74) is 1.21. The van der Waals surface area contributed by atoms with Crippen molar-refractivity contribution in [1.82, 2.24) is 0 Å². The molecule has 0 aliphatic carbocycles. The van der Waals surface area contributed by atoms with E-state index in [9.17, 15) is 5.11 Å². The lowest BCUT2D eigenvalue weighted by atomic mass is 10.1. The number of aromatic hydroxyl groups is 1. The van der Waals surface area contributed by atoms with E-state index in [-0.39, 0.29) is 0 Å². The first-order chi connectivity index (χ1) is 7.69. The van der Waals surface area contributed by atoms with E-state index in [2.05, 4.69) is 25.7 Å². The zero-order chi connectivity index (χ0) is 12.0. The second-order valence-electron chi connectivity index (χ2n) is 4.32. The van der Waals surface area contributed by atoms with Gasteiger partial charge in [0, 0.05) is 18.3 Å². The molecule has 1 atom stereocenters. The molecule has 1 aromatic rings. The second-order valence-corrected chi connectivity index (χ2v) is 4.32. The van der Waals surface area contributed by atoms with E-state index in [4.69, 9.17) is 0 Å². The summed E-state index contributed by atoms with van der Waals surface area (Å²) in [7, 11) is 0. The van der Waals surface area contributed by atoms with Gasteiger partial charge in [-0.3, -0.25) is 0 Å². The third-order valence-corrected chi connectivity index (χ3v) is 3.06. The average Bonchev–Trinajstić information content (AvgIpc) is 2.31. The molecule has 1 rings (SSSR count). The van der Waals surface area contributed by atoms with Crippen LogP contribution in [0.5, 0.6) is 5.75 Å². The smallest absolute Gasteiger partial charge is 0.115 e. The lowest BCUT2D eigenvalue weighted by Crippen LogP contribution is -2.33. The van der Waals surface area contributed by atoms with Crippen molar-refractivity contribution in [3.8, 4) is 5.75 Å². The van der Waals surface area contributed by atoms with Crippen LogP contribution in [0.3, 0.4) is 0 Å². The standard InChI is InChI=1S/C14H23NO/c1-4-6-11-15(12(3)5-2)13-7-9-14(16)10-8-13/h7-10,12,16H,4-6,11H2,1-3H3. The fourth-order valence-electron chi connectivity index (χ4n) is 1.80. The Hall–Kier alpha value is -1.18.